The molecular formula is C18H26N2O2. The number of hydrogen-bond donors (Lipinski definition) is 2. The molecule has 0 aromatic heterocycles. The molecule has 4 nitrogen and oxygen atoms in total. The van der Waals surface area contributed by atoms with E-state index in [1.54, 1.807) is 0 Å². The molecule has 1 aromatic rings. The fraction of sp³-hybridized carbons (Fsp3) is 0.500. The molecule has 0 unspecified atom stereocenters. The number of hydrazone groups is 1. The van der Waals surface area contributed by atoms with Gasteiger partial charge in [0, 0.05) is 17.2 Å². The fourth-order valence-corrected chi connectivity index (χ4v) is 2.40. The van der Waals surface area contributed by atoms with Gasteiger partial charge in [-0.15, -0.1) is 5.10 Å². The third-order valence-corrected chi connectivity index (χ3v) is 3.64. The van der Waals surface area contributed by atoms with Crippen molar-refractivity contribution in [2.75, 3.05) is 6.73 Å². The number of phenols is 1. The minimum absolute atomic E-state index is 0.128. The van der Waals surface area contributed by atoms with E-state index in [1.807, 2.05) is 24.3 Å². The van der Waals surface area contributed by atoms with Crippen LogP contribution in [-0.2, 0) is 15.6 Å². The first kappa shape index (κ1) is 16.4. The van der Waals surface area contributed by atoms with Gasteiger partial charge in [0.05, 0.1) is 0 Å². The summed E-state index contributed by atoms with van der Waals surface area (Å²) in [6, 6.07) is 4.06. The van der Waals surface area contributed by atoms with Crippen molar-refractivity contribution >= 4 is 12.0 Å². The highest BCUT2D eigenvalue weighted by molar-refractivity contribution is 5.92. The zero-order valence-corrected chi connectivity index (χ0v) is 14.3. The quantitative estimate of drug-likeness (QED) is 0.871. The predicted molar refractivity (Wildman–Crippen MR) is 91.1 cm³/mol. The Kier molecular flexibility index (Phi) is 4.23. The molecule has 120 valence electrons. The number of hydrogen-bond acceptors (Lipinski definition) is 4. The lowest BCUT2D eigenvalue weighted by atomic mass is 9.78. The summed E-state index contributed by atoms with van der Waals surface area (Å²) in [7, 11) is 0. The Labute approximate surface area is 132 Å². The van der Waals surface area contributed by atoms with Gasteiger partial charge in [-0.05, 0) is 34.6 Å². The molecule has 1 aliphatic heterocycles. The third kappa shape index (κ3) is 3.62. The molecule has 0 saturated heterocycles. The molecule has 0 radical (unpaired) electrons. The second kappa shape index (κ2) is 5.67. The van der Waals surface area contributed by atoms with E-state index < -0.39 is 0 Å². The molecule has 2 rings (SSSR count). The number of aromatic hydroxyl groups is 1. The van der Waals surface area contributed by atoms with E-state index in [0.29, 0.717) is 18.4 Å². The highest BCUT2D eigenvalue weighted by Crippen LogP contribution is 2.39. The normalized spacial score (nSPS) is 15.6. The van der Waals surface area contributed by atoms with Gasteiger partial charge in [-0.25, -0.2) is 0 Å². The number of ether oxygens (including phenoxy) is 1. The van der Waals surface area contributed by atoms with E-state index in [0.717, 1.165) is 16.7 Å². The van der Waals surface area contributed by atoms with Crippen molar-refractivity contribution in [2.45, 2.75) is 52.4 Å². The van der Waals surface area contributed by atoms with Crippen LogP contribution in [0.1, 0.15) is 58.2 Å². The van der Waals surface area contributed by atoms with Crippen molar-refractivity contribution in [3.05, 3.63) is 34.9 Å². The van der Waals surface area contributed by atoms with E-state index in [2.05, 4.69) is 52.1 Å². The summed E-state index contributed by atoms with van der Waals surface area (Å²) in [5.41, 5.74) is 5.44. The van der Waals surface area contributed by atoms with Gasteiger partial charge >= 0.3 is 0 Å². The predicted octanol–water partition coefficient (Wildman–Crippen LogP) is 3.89. The van der Waals surface area contributed by atoms with Crippen LogP contribution in [0, 0.1) is 0 Å². The first-order valence-electron chi connectivity index (χ1n) is 7.58. The van der Waals surface area contributed by atoms with Crippen LogP contribution in [0.15, 0.2) is 23.3 Å². The van der Waals surface area contributed by atoms with Crippen molar-refractivity contribution in [3.8, 4) is 5.75 Å². The average molecular weight is 302 g/mol. The molecule has 0 saturated carbocycles. The molecule has 4 heteroatoms. The monoisotopic (exact) mass is 302 g/mol. The van der Waals surface area contributed by atoms with E-state index in [-0.39, 0.29) is 10.8 Å². The Balaban J connectivity index is 2.50. The first-order chi connectivity index (χ1) is 10.1. The van der Waals surface area contributed by atoms with Crippen LogP contribution in [0.4, 0.5) is 0 Å². The van der Waals surface area contributed by atoms with Crippen molar-refractivity contribution in [2.24, 2.45) is 5.10 Å². The van der Waals surface area contributed by atoms with Crippen molar-refractivity contribution in [1.82, 2.24) is 5.43 Å². The lowest BCUT2D eigenvalue weighted by molar-refractivity contribution is 0.318. The molecular weight excluding hydrogens is 276 g/mol. The van der Waals surface area contributed by atoms with Crippen LogP contribution in [-0.4, -0.2) is 17.7 Å². The summed E-state index contributed by atoms with van der Waals surface area (Å²) in [5.74, 6) is 0.968. The molecule has 0 spiro atoms. The largest absolute Gasteiger partial charge is 0.507 e. The maximum Gasteiger partial charge on any atom is 0.232 e. The number of nitrogens with zero attached hydrogens (tertiary/aromatic N) is 1. The van der Waals surface area contributed by atoms with Crippen molar-refractivity contribution < 1.29 is 9.84 Å². The molecule has 22 heavy (non-hydrogen) atoms. The fourth-order valence-electron chi connectivity index (χ4n) is 2.40. The van der Waals surface area contributed by atoms with Crippen LogP contribution in [0.5, 0.6) is 5.75 Å². The van der Waals surface area contributed by atoms with Crippen molar-refractivity contribution in [1.29, 1.82) is 0 Å². The zero-order chi connectivity index (χ0) is 16.5. The zero-order valence-electron chi connectivity index (χ0n) is 14.3. The van der Waals surface area contributed by atoms with Gasteiger partial charge in [0.15, 0.2) is 6.73 Å². The Morgan fingerprint density at radius 3 is 2.00 bits per heavy atom. The number of rotatable bonds is 2. The van der Waals surface area contributed by atoms with Gasteiger partial charge in [0.2, 0.25) is 5.90 Å². The second-order valence-corrected chi connectivity index (χ2v) is 7.69. The van der Waals surface area contributed by atoms with E-state index in [4.69, 9.17) is 4.74 Å². The lowest BCUT2D eigenvalue weighted by Gasteiger charge is -2.27. The molecule has 0 atom stereocenters. The highest BCUT2D eigenvalue weighted by atomic mass is 16.5. The molecule has 0 aliphatic carbocycles. The molecule has 0 amide bonds. The summed E-state index contributed by atoms with van der Waals surface area (Å²) in [5, 5.41) is 14.7. The van der Waals surface area contributed by atoms with Gasteiger partial charge in [0.1, 0.15) is 5.75 Å². The maximum atomic E-state index is 10.7. The molecule has 0 bridgehead atoms. The molecule has 2 N–H and O–H groups in total. The summed E-state index contributed by atoms with van der Waals surface area (Å²) < 4.78 is 5.30. The van der Waals surface area contributed by atoms with Crippen LogP contribution in [0.2, 0.25) is 0 Å². The van der Waals surface area contributed by atoms with Gasteiger partial charge in [-0.3, -0.25) is 5.43 Å². The minimum atomic E-state index is -0.128. The molecule has 1 aliphatic rings. The van der Waals surface area contributed by atoms with Crippen LogP contribution >= 0.6 is 0 Å². The Morgan fingerprint density at radius 2 is 1.59 bits per heavy atom. The summed E-state index contributed by atoms with van der Waals surface area (Å²) in [6.07, 6.45) is 3.81. The SMILES string of the molecule is CC(C)(C)c1cc(C=CC2=NNCO2)cc(C(C)(C)C)c1O. The van der Waals surface area contributed by atoms with Gasteiger partial charge < -0.3 is 9.84 Å². The van der Waals surface area contributed by atoms with Gasteiger partial charge in [-0.1, -0.05) is 41.5 Å². The number of nitrogens with one attached hydrogen (secondary N) is 1. The number of benzene rings is 1. The minimum Gasteiger partial charge on any atom is -0.507 e. The topological polar surface area (TPSA) is 53.9 Å². The van der Waals surface area contributed by atoms with Crippen LogP contribution in [0.25, 0.3) is 6.08 Å². The standard InChI is InChI=1S/C18H26N2O2/c1-17(2,3)13-9-12(7-8-15-20-19-11-22-15)10-14(16(13)21)18(4,5)6/h7-10,19,21H,11H2,1-6H3. The smallest absolute Gasteiger partial charge is 0.232 e. The number of phenolic OH excluding ortho intramolecular Hbond substituents is 1. The van der Waals surface area contributed by atoms with E-state index in [1.165, 1.54) is 0 Å². The molecule has 0 fully saturated rings. The summed E-state index contributed by atoms with van der Waals surface area (Å²) in [6.45, 7) is 13.1. The van der Waals surface area contributed by atoms with E-state index >= 15 is 0 Å². The van der Waals surface area contributed by atoms with Crippen LogP contribution in [0.3, 0.4) is 0 Å². The lowest BCUT2D eigenvalue weighted by Crippen LogP contribution is -2.17. The summed E-state index contributed by atoms with van der Waals surface area (Å²) in [4.78, 5) is 0. The maximum absolute atomic E-state index is 10.7. The Bertz CT molecular complexity index is 582. The third-order valence-electron chi connectivity index (χ3n) is 3.64. The molecule has 1 aromatic carbocycles. The highest BCUT2D eigenvalue weighted by Gasteiger charge is 2.26. The van der Waals surface area contributed by atoms with Crippen LogP contribution < -0.4 is 5.43 Å². The Hall–Kier alpha value is -1.97. The van der Waals surface area contributed by atoms with E-state index in [9.17, 15) is 5.11 Å². The average Bonchev–Trinajstić information content (AvgIpc) is 2.87. The molecule has 1 heterocycles. The van der Waals surface area contributed by atoms with Gasteiger partial charge in [-0.2, -0.15) is 0 Å². The van der Waals surface area contributed by atoms with Gasteiger partial charge in [0.25, 0.3) is 0 Å². The summed E-state index contributed by atoms with van der Waals surface area (Å²) >= 11 is 0. The Morgan fingerprint density at radius 1 is 1.05 bits per heavy atom. The second-order valence-electron chi connectivity index (χ2n) is 7.69. The first-order valence-corrected chi connectivity index (χ1v) is 7.58. The van der Waals surface area contributed by atoms with Crippen molar-refractivity contribution in [3.63, 3.8) is 0 Å².